The van der Waals surface area contributed by atoms with E-state index in [1.807, 2.05) is 0 Å². The number of nitrogens with one attached hydrogen (secondary N) is 1. The fourth-order valence-corrected chi connectivity index (χ4v) is 3.56. The predicted molar refractivity (Wildman–Crippen MR) is 101 cm³/mol. The van der Waals surface area contributed by atoms with Crippen molar-refractivity contribution in [1.29, 1.82) is 0 Å². The van der Waals surface area contributed by atoms with Crippen LogP contribution in [0.1, 0.15) is 33.1 Å². The second-order valence-electron chi connectivity index (χ2n) is 5.66. The molecule has 27 heavy (non-hydrogen) atoms. The summed E-state index contributed by atoms with van der Waals surface area (Å²) in [5.74, 6) is 10.6. The number of hydrazine groups is 1. The van der Waals surface area contributed by atoms with Crippen LogP contribution >= 0.6 is 0 Å². The highest BCUT2D eigenvalue weighted by Crippen LogP contribution is 2.23. The minimum Gasteiger partial charge on any atom is -0.611 e. The highest BCUT2D eigenvalue weighted by atomic mass is 32.2. The fourth-order valence-electron chi connectivity index (χ4n) is 2.20. The lowest BCUT2D eigenvalue weighted by Gasteiger charge is -2.20. The molecule has 2 amide bonds. The third-order valence-electron chi connectivity index (χ3n) is 3.72. The number of hydroxylamine groups is 1. The maximum atomic E-state index is 12.7. The van der Waals surface area contributed by atoms with Crippen LogP contribution in [0.4, 0.5) is 0 Å². The topological polar surface area (TPSA) is 128 Å². The van der Waals surface area contributed by atoms with Crippen molar-refractivity contribution in [3.8, 4) is 17.6 Å². The third-order valence-corrected chi connectivity index (χ3v) is 5.43. The number of rotatable bonds is 10. The Kier molecular flexibility index (Phi) is 10.3. The lowest BCUT2D eigenvalue weighted by Crippen LogP contribution is -2.39. The van der Waals surface area contributed by atoms with Crippen LogP contribution in [0.2, 0.25) is 0 Å². The van der Waals surface area contributed by atoms with Crippen molar-refractivity contribution in [2.45, 2.75) is 43.3 Å². The average Bonchev–Trinajstić information content (AvgIpc) is 2.67. The summed E-state index contributed by atoms with van der Waals surface area (Å²) in [6.45, 7) is 3.67. The zero-order chi connectivity index (χ0) is 20.2. The van der Waals surface area contributed by atoms with Crippen molar-refractivity contribution >= 4 is 23.0 Å². The summed E-state index contributed by atoms with van der Waals surface area (Å²) < 4.78 is 18.1. The van der Waals surface area contributed by atoms with Gasteiger partial charge >= 0.3 is 0 Å². The molecule has 0 aliphatic rings. The molecule has 1 aromatic rings. The minimum atomic E-state index is -1.66. The van der Waals surface area contributed by atoms with Crippen LogP contribution in [-0.2, 0) is 20.8 Å². The summed E-state index contributed by atoms with van der Waals surface area (Å²) in [6, 6.07) is 6.52. The smallest absolute Gasteiger partial charge is 0.296 e. The molecule has 9 heteroatoms. The average molecular weight is 395 g/mol. The molecule has 0 saturated heterocycles. The van der Waals surface area contributed by atoms with Gasteiger partial charge in [0.15, 0.2) is 4.90 Å². The van der Waals surface area contributed by atoms with E-state index in [-0.39, 0.29) is 18.9 Å². The third kappa shape index (κ3) is 7.88. The van der Waals surface area contributed by atoms with Crippen LogP contribution in [-0.4, -0.2) is 45.0 Å². The summed E-state index contributed by atoms with van der Waals surface area (Å²) in [5, 5.41) is 9.11. The van der Waals surface area contributed by atoms with Crippen molar-refractivity contribution in [2.24, 2.45) is 5.84 Å². The van der Waals surface area contributed by atoms with E-state index in [2.05, 4.69) is 11.8 Å². The van der Waals surface area contributed by atoms with Crippen molar-refractivity contribution in [3.05, 3.63) is 24.3 Å². The van der Waals surface area contributed by atoms with Gasteiger partial charge in [-0.05, 0) is 55.2 Å². The van der Waals surface area contributed by atoms with E-state index in [0.717, 1.165) is 5.01 Å². The molecule has 0 bridgehead atoms. The first-order valence-corrected chi connectivity index (χ1v) is 9.61. The molecule has 0 aliphatic heterocycles. The maximum Gasteiger partial charge on any atom is 0.296 e. The zero-order valence-corrected chi connectivity index (χ0v) is 16.3. The molecule has 148 valence electrons. The van der Waals surface area contributed by atoms with E-state index < -0.39 is 22.3 Å². The molecule has 1 aromatic carbocycles. The number of benzene rings is 1. The molecule has 0 fully saturated rings. The minimum absolute atomic E-state index is 0.254. The van der Waals surface area contributed by atoms with Crippen molar-refractivity contribution < 1.29 is 24.1 Å². The second kappa shape index (κ2) is 12.2. The molecule has 2 unspecified atom stereocenters. The number of nitrogens with zero attached hydrogens (tertiary/aromatic N) is 1. The van der Waals surface area contributed by atoms with Gasteiger partial charge in [0.1, 0.15) is 12.4 Å². The number of unbranched alkanes of at least 4 members (excludes halogenated alkanes) is 1. The lowest BCUT2D eigenvalue weighted by atomic mass is 10.2. The van der Waals surface area contributed by atoms with Gasteiger partial charge in [-0.15, -0.1) is 5.92 Å². The quantitative estimate of drug-likeness (QED) is 0.103. The summed E-state index contributed by atoms with van der Waals surface area (Å²) in [6.07, 6.45) is 1.34. The number of carbonyl (C=O) groups is 2. The Labute approximate surface area is 162 Å². The van der Waals surface area contributed by atoms with Gasteiger partial charge in [-0.2, -0.15) is 0 Å². The van der Waals surface area contributed by atoms with Gasteiger partial charge < -0.3 is 9.29 Å². The molecule has 0 saturated carbocycles. The Morgan fingerprint density at radius 2 is 2.04 bits per heavy atom. The number of ether oxygens (including phenoxy) is 1. The van der Waals surface area contributed by atoms with Gasteiger partial charge in [-0.3, -0.25) is 19.8 Å². The second-order valence-corrected chi connectivity index (χ2v) is 7.29. The summed E-state index contributed by atoms with van der Waals surface area (Å²) in [5.41, 5.74) is 1.57. The molecule has 2 atom stereocenters. The van der Waals surface area contributed by atoms with Gasteiger partial charge in [-0.25, -0.2) is 11.3 Å². The SMILES string of the molecule is CC#CCOc1ccc([S+]([O-])C(CCCCN(N)C(C)=O)C(=O)NO)cc1. The first kappa shape index (κ1) is 22.8. The number of hydrogen-bond acceptors (Lipinski definition) is 6. The van der Waals surface area contributed by atoms with E-state index in [9.17, 15) is 14.1 Å². The van der Waals surface area contributed by atoms with E-state index >= 15 is 0 Å². The van der Waals surface area contributed by atoms with Crippen LogP contribution < -0.4 is 16.1 Å². The molecule has 0 spiro atoms. The van der Waals surface area contributed by atoms with Gasteiger partial charge in [-0.1, -0.05) is 5.92 Å². The van der Waals surface area contributed by atoms with Crippen LogP contribution in [0.3, 0.4) is 0 Å². The Morgan fingerprint density at radius 3 is 2.59 bits per heavy atom. The van der Waals surface area contributed by atoms with Gasteiger partial charge in [0.2, 0.25) is 11.2 Å². The summed E-state index contributed by atoms with van der Waals surface area (Å²) >= 11 is -1.66. The first-order valence-electron chi connectivity index (χ1n) is 8.40. The molecular formula is C18H25N3O5S. The van der Waals surface area contributed by atoms with Crippen LogP contribution in [0.5, 0.6) is 5.75 Å². The highest BCUT2D eigenvalue weighted by molar-refractivity contribution is 7.92. The fraction of sp³-hybridized carbons (Fsp3) is 0.444. The number of carbonyl (C=O) groups excluding carboxylic acids is 2. The highest BCUT2D eigenvalue weighted by Gasteiger charge is 2.31. The van der Waals surface area contributed by atoms with E-state index in [0.29, 0.717) is 30.0 Å². The number of amides is 2. The van der Waals surface area contributed by atoms with E-state index in [1.165, 1.54) is 6.92 Å². The number of nitrogens with two attached hydrogens (primary N) is 1. The molecule has 4 N–H and O–H groups in total. The van der Waals surface area contributed by atoms with E-state index in [1.54, 1.807) is 36.7 Å². The lowest BCUT2D eigenvalue weighted by molar-refractivity contribution is -0.130. The van der Waals surface area contributed by atoms with Crippen molar-refractivity contribution in [2.75, 3.05) is 13.2 Å². The Hall–Kier alpha value is -2.25. The van der Waals surface area contributed by atoms with Gasteiger partial charge in [0.05, 0.1) is 0 Å². The number of hydrogen-bond donors (Lipinski definition) is 3. The van der Waals surface area contributed by atoms with Crippen LogP contribution in [0, 0.1) is 11.8 Å². The molecule has 0 heterocycles. The maximum absolute atomic E-state index is 12.7. The Morgan fingerprint density at radius 1 is 1.37 bits per heavy atom. The van der Waals surface area contributed by atoms with E-state index in [4.69, 9.17) is 15.8 Å². The standard InChI is InChI=1S/C18H25N3O5S/c1-3-4-13-26-15-8-10-16(11-9-15)27(25)17(18(23)20-24)7-5-6-12-21(19)14(2)22/h8-11,17,24H,5-7,12-13,19H2,1-2H3,(H,20,23). The first-order chi connectivity index (χ1) is 12.9. The van der Waals surface area contributed by atoms with Crippen molar-refractivity contribution in [3.63, 3.8) is 0 Å². The Balaban J connectivity index is 2.68. The monoisotopic (exact) mass is 395 g/mol. The molecule has 0 radical (unpaired) electrons. The molecule has 8 nitrogen and oxygen atoms in total. The molecule has 0 aliphatic carbocycles. The largest absolute Gasteiger partial charge is 0.611 e. The predicted octanol–water partition coefficient (Wildman–Crippen LogP) is 0.963. The van der Waals surface area contributed by atoms with Crippen LogP contribution in [0.15, 0.2) is 29.2 Å². The Bertz CT molecular complexity index is 672. The normalized spacial score (nSPS) is 12.3. The van der Waals surface area contributed by atoms with Gasteiger partial charge in [0.25, 0.3) is 5.91 Å². The van der Waals surface area contributed by atoms with Crippen molar-refractivity contribution in [1.82, 2.24) is 10.5 Å². The molecular weight excluding hydrogens is 370 g/mol. The molecule has 0 aromatic heterocycles. The summed E-state index contributed by atoms with van der Waals surface area (Å²) in [4.78, 5) is 23.4. The zero-order valence-electron chi connectivity index (χ0n) is 15.4. The molecule has 1 rings (SSSR count). The van der Waals surface area contributed by atoms with Crippen LogP contribution in [0.25, 0.3) is 0 Å². The van der Waals surface area contributed by atoms with Gasteiger partial charge in [0, 0.05) is 19.9 Å². The summed E-state index contributed by atoms with van der Waals surface area (Å²) in [7, 11) is 0.